The van der Waals surface area contributed by atoms with E-state index in [1.54, 1.807) is 23.7 Å². The smallest absolute Gasteiger partial charge is 0.114 e. The number of thiazole rings is 1. The summed E-state index contributed by atoms with van der Waals surface area (Å²) in [6.07, 6.45) is 3.41. The zero-order valence-corrected chi connectivity index (χ0v) is 11.9. The first-order valence-electron chi connectivity index (χ1n) is 6.76. The van der Waals surface area contributed by atoms with Crippen molar-refractivity contribution in [3.05, 3.63) is 34.5 Å². The van der Waals surface area contributed by atoms with Gasteiger partial charge in [0, 0.05) is 49.1 Å². The maximum absolute atomic E-state index is 13.7. The monoisotopic (exact) mass is 295 g/mol. The van der Waals surface area contributed by atoms with E-state index in [1.165, 1.54) is 0 Å². The fraction of sp³-hybridized carbons (Fsp3) is 0.538. The Morgan fingerprint density at radius 3 is 3.20 bits per heavy atom. The Labute approximate surface area is 121 Å². The number of alkyl halides is 1. The SMILES string of the molecule is F[C@H]1C[C@@H](CNCc2ccn[nH]2)N(Cc2nccs2)C1. The second-order valence-corrected chi connectivity index (χ2v) is 6.03. The second-order valence-electron chi connectivity index (χ2n) is 5.05. The highest BCUT2D eigenvalue weighted by Crippen LogP contribution is 2.22. The van der Waals surface area contributed by atoms with Crippen LogP contribution in [0.4, 0.5) is 4.39 Å². The van der Waals surface area contributed by atoms with E-state index in [1.807, 2.05) is 11.4 Å². The standard InChI is InChI=1S/C13H18FN5S/c14-10-5-12(7-15-6-11-1-2-17-18-11)19(8-10)9-13-16-3-4-20-13/h1-4,10,12,15H,5-9H2,(H,17,18)/t10-,12-/m0/s1. The Morgan fingerprint density at radius 2 is 2.45 bits per heavy atom. The number of aromatic amines is 1. The molecule has 0 radical (unpaired) electrons. The predicted molar refractivity (Wildman–Crippen MR) is 76.1 cm³/mol. The average Bonchev–Trinajstić information content (AvgIpc) is 3.13. The van der Waals surface area contributed by atoms with E-state index >= 15 is 0 Å². The van der Waals surface area contributed by atoms with Gasteiger partial charge in [-0.05, 0) is 12.5 Å². The van der Waals surface area contributed by atoms with E-state index in [0.717, 1.165) is 30.3 Å². The van der Waals surface area contributed by atoms with Gasteiger partial charge < -0.3 is 5.32 Å². The molecule has 3 heterocycles. The predicted octanol–water partition coefficient (Wildman–Crippen LogP) is 1.57. The molecule has 0 aromatic carbocycles. The molecule has 2 atom stereocenters. The average molecular weight is 295 g/mol. The van der Waals surface area contributed by atoms with Crippen molar-refractivity contribution in [3.8, 4) is 0 Å². The van der Waals surface area contributed by atoms with Crippen LogP contribution in [0.25, 0.3) is 0 Å². The summed E-state index contributed by atoms with van der Waals surface area (Å²) >= 11 is 1.63. The number of H-pyrrole nitrogens is 1. The molecule has 5 nitrogen and oxygen atoms in total. The molecule has 0 aliphatic carbocycles. The van der Waals surface area contributed by atoms with Crippen LogP contribution in [0.3, 0.4) is 0 Å². The zero-order valence-electron chi connectivity index (χ0n) is 11.1. The van der Waals surface area contributed by atoms with Gasteiger partial charge in [0.05, 0.1) is 6.54 Å². The normalized spacial score (nSPS) is 23.4. The lowest BCUT2D eigenvalue weighted by Gasteiger charge is -2.23. The fourth-order valence-electron chi connectivity index (χ4n) is 2.59. The summed E-state index contributed by atoms with van der Waals surface area (Å²) in [4.78, 5) is 6.46. The van der Waals surface area contributed by atoms with Gasteiger partial charge in [0.15, 0.2) is 0 Å². The number of hydrogen-bond acceptors (Lipinski definition) is 5. The van der Waals surface area contributed by atoms with Crippen LogP contribution in [0.2, 0.25) is 0 Å². The Hall–Kier alpha value is -1.31. The van der Waals surface area contributed by atoms with Crippen molar-refractivity contribution in [1.29, 1.82) is 0 Å². The number of halogens is 1. The van der Waals surface area contributed by atoms with Crippen LogP contribution in [0.5, 0.6) is 0 Å². The van der Waals surface area contributed by atoms with Crippen molar-refractivity contribution in [2.75, 3.05) is 13.1 Å². The van der Waals surface area contributed by atoms with Crippen molar-refractivity contribution in [1.82, 2.24) is 25.4 Å². The topological polar surface area (TPSA) is 56.8 Å². The van der Waals surface area contributed by atoms with Crippen molar-refractivity contribution >= 4 is 11.3 Å². The first kappa shape index (κ1) is 13.7. The van der Waals surface area contributed by atoms with Gasteiger partial charge in [-0.15, -0.1) is 11.3 Å². The van der Waals surface area contributed by atoms with E-state index < -0.39 is 6.17 Å². The third-order valence-electron chi connectivity index (χ3n) is 3.55. The van der Waals surface area contributed by atoms with Crippen LogP contribution in [0.1, 0.15) is 17.1 Å². The van der Waals surface area contributed by atoms with Crippen LogP contribution in [-0.2, 0) is 13.1 Å². The Morgan fingerprint density at radius 1 is 1.50 bits per heavy atom. The van der Waals surface area contributed by atoms with Crippen molar-refractivity contribution in [2.24, 2.45) is 0 Å². The number of hydrogen-bond donors (Lipinski definition) is 2. The summed E-state index contributed by atoms with van der Waals surface area (Å²) in [6.45, 7) is 2.77. The zero-order chi connectivity index (χ0) is 13.8. The van der Waals surface area contributed by atoms with Gasteiger partial charge in [-0.3, -0.25) is 10.00 Å². The first-order valence-corrected chi connectivity index (χ1v) is 7.64. The molecular formula is C13H18FN5S. The molecule has 1 aliphatic heterocycles. The van der Waals surface area contributed by atoms with E-state index in [9.17, 15) is 4.39 Å². The molecule has 0 bridgehead atoms. The Balaban J connectivity index is 1.50. The molecule has 0 unspecified atom stereocenters. The minimum atomic E-state index is -0.728. The van der Waals surface area contributed by atoms with Gasteiger partial charge in [0.25, 0.3) is 0 Å². The summed E-state index contributed by atoms with van der Waals surface area (Å²) in [6, 6.07) is 2.17. The van der Waals surface area contributed by atoms with Crippen LogP contribution in [0, 0.1) is 0 Å². The van der Waals surface area contributed by atoms with Gasteiger partial charge in [-0.25, -0.2) is 9.37 Å². The van der Waals surface area contributed by atoms with Crippen molar-refractivity contribution in [3.63, 3.8) is 0 Å². The van der Waals surface area contributed by atoms with E-state index in [0.29, 0.717) is 13.0 Å². The lowest BCUT2D eigenvalue weighted by Crippen LogP contribution is -2.37. The highest BCUT2D eigenvalue weighted by molar-refractivity contribution is 7.09. The van der Waals surface area contributed by atoms with E-state index in [2.05, 4.69) is 25.4 Å². The molecular weight excluding hydrogens is 277 g/mol. The fourth-order valence-corrected chi connectivity index (χ4v) is 3.23. The van der Waals surface area contributed by atoms with Crippen LogP contribution in [0.15, 0.2) is 23.8 Å². The highest BCUT2D eigenvalue weighted by atomic mass is 32.1. The summed E-state index contributed by atoms with van der Waals surface area (Å²) in [7, 11) is 0. The molecule has 1 fully saturated rings. The highest BCUT2D eigenvalue weighted by Gasteiger charge is 2.32. The molecule has 2 N–H and O–H groups in total. The van der Waals surface area contributed by atoms with Gasteiger partial charge in [0.1, 0.15) is 11.2 Å². The molecule has 7 heteroatoms. The van der Waals surface area contributed by atoms with Crippen LogP contribution >= 0.6 is 11.3 Å². The Kier molecular flexibility index (Phi) is 4.39. The lowest BCUT2D eigenvalue weighted by atomic mass is 10.2. The molecule has 0 amide bonds. The van der Waals surface area contributed by atoms with Crippen molar-refractivity contribution in [2.45, 2.75) is 31.7 Å². The van der Waals surface area contributed by atoms with Gasteiger partial charge in [-0.1, -0.05) is 0 Å². The molecule has 1 saturated heterocycles. The Bertz CT molecular complexity index is 501. The van der Waals surface area contributed by atoms with E-state index in [4.69, 9.17) is 0 Å². The minimum Gasteiger partial charge on any atom is -0.310 e. The number of aromatic nitrogens is 3. The summed E-state index contributed by atoms with van der Waals surface area (Å²) < 4.78 is 13.7. The largest absolute Gasteiger partial charge is 0.310 e. The minimum absolute atomic E-state index is 0.233. The van der Waals surface area contributed by atoms with E-state index in [-0.39, 0.29) is 6.04 Å². The van der Waals surface area contributed by atoms with Crippen LogP contribution < -0.4 is 5.32 Å². The van der Waals surface area contributed by atoms with Gasteiger partial charge in [-0.2, -0.15) is 5.10 Å². The maximum Gasteiger partial charge on any atom is 0.114 e. The molecule has 2 aromatic heterocycles. The molecule has 2 aromatic rings. The quantitative estimate of drug-likeness (QED) is 0.849. The number of nitrogens with zero attached hydrogens (tertiary/aromatic N) is 3. The lowest BCUT2D eigenvalue weighted by molar-refractivity contribution is 0.229. The molecule has 108 valence electrons. The molecule has 20 heavy (non-hydrogen) atoms. The number of rotatable bonds is 6. The van der Waals surface area contributed by atoms with Crippen LogP contribution in [-0.4, -0.2) is 45.4 Å². The number of nitrogens with one attached hydrogen (secondary N) is 2. The van der Waals surface area contributed by atoms with Gasteiger partial charge >= 0.3 is 0 Å². The molecule has 0 spiro atoms. The molecule has 0 saturated carbocycles. The second kappa shape index (κ2) is 6.43. The maximum atomic E-state index is 13.7. The molecule has 1 aliphatic rings. The van der Waals surface area contributed by atoms with Gasteiger partial charge in [0.2, 0.25) is 0 Å². The number of likely N-dealkylation sites (tertiary alicyclic amines) is 1. The third kappa shape index (κ3) is 3.41. The summed E-state index contributed by atoms with van der Waals surface area (Å²) in [5, 5.41) is 13.2. The van der Waals surface area contributed by atoms with Crippen molar-refractivity contribution < 1.29 is 4.39 Å². The molecule has 3 rings (SSSR count). The summed E-state index contributed by atoms with van der Waals surface area (Å²) in [5.41, 5.74) is 1.05. The third-order valence-corrected chi connectivity index (χ3v) is 4.32. The summed E-state index contributed by atoms with van der Waals surface area (Å²) in [5.74, 6) is 0. The first-order chi connectivity index (χ1) is 9.81.